The first-order chi connectivity index (χ1) is 10.4. The van der Waals surface area contributed by atoms with Crippen LogP contribution in [0, 0.1) is 0 Å². The van der Waals surface area contributed by atoms with Crippen LogP contribution >= 0.6 is 0 Å². The number of benzene rings is 2. The molecule has 3 nitrogen and oxygen atoms in total. The van der Waals surface area contributed by atoms with Gasteiger partial charge in [-0.25, -0.2) is 0 Å². The van der Waals surface area contributed by atoms with Crippen LogP contribution in [-0.2, 0) is 9.47 Å². The quantitative estimate of drug-likeness (QED) is 0.883. The molecule has 0 bridgehead atoms. The molecule has 1 fully saturated rings. The van der Waals surface area contributed by atoms with Gasteiger partial charge in [0, 0.05) is 13.0 Å². The van der Waals surface area contributed by atoms with Crippen LogP contribution < -0.4 is 5.32 Å². The van der Waals surface area contributed by atoms with Crippen molar-refractivity contribution in [2.24, 2.45) is 0 Å². The summed E-state index contributed by atoms with van der Waals surface area (Å²) >= 11 is 0. The molecule has 3 rings (SSSR count). The molecule has 1 N–H and O–H groups in total. The summed E-state index contributed by atoms with van der Waals surface area (Å²) in [5.74, 6) is 0. The molecular weight excluding hydrogens is 262 g/mol. The van der Waals surface area contributed by atoms with Crippen molar-refractivity contribution in [1.82, 2.24) is 5.32 Å². The van der Waals surface area contributed by atoms with Crippen LogP contribution in [0.25, 0.3) is 0 Å². The van der Waals surface area contributed by atoms with E-state index >= 15 is 0 Å². The van der Waals surface area contributed by atoms with Gasteiger partial charge in [-0.2, -0.15) is 0 Å². The van der Waals surface area contributed by atoms with Crippen molar-refractivity contribution in [3.8, 4) is 0 Å². The molecule has 21 heavy (non-hydrogen) atoms. The topological polar surface area (TPSA) is 30.5 Å². The van der Waals surface area contributed by atoms with Crippen LogP contribution in [0.4, 0.5) is 0 Å². The van der Waals surface area contributed by atoms with Gasteiger partial charge < -0.3 is 14.8 Å². The van der Waals surface area contributed by atoms with Crippen molar-refractivity contribution in [1.29, 1.82) is 0 Å². The number of hydrogen-bond donors (Lipinski definition) is 1. The average molecular weight is 283 g/mol. The first-order valence-corrected chi connectivity index (χ1v) is 7.50. The fourth-order valence-electron chi connectivity index (χ4n) is 2.64. The first-order valence-electron chi connectivity index (χ1n) is 7.50. The van der Waals surface area contributed by atoms with Gasteiger partial charge in [-0.1, -0.05) is 60.7 Å². The Labute approximate surface area is 125 Å². The van der Waals surface area contributed by atoms with Crippen LogP contribution in [0.1, 0.15) is 23.6 Å². The zero-order chi connectivity index (χ0) is 14.3. The molecular formula is C18H21NO2. The summed E-state index contributed by atoms with van der Waals surface area (Å²) in [5.41, 5.74) is 2.55. The molecule has 0 saturated carbocycles. The second-order valence-electron chi connectivity index (χ2n) is 5.17. The minimum absolute atomic E-state index is 0.0512. The summed E-state index contributed by atoms with van der Waals surface area (Å²) in [6.45, 7) is 2.29. The van der Waals surface area contributed by atoms with Gasteiger partial charge in [0.25, 0.3) is 0 Å². The molecule has 1 aliphatic heterocycles. The van der Waals surface area contributed by atoms with E-state index in [9.17, 15) is 0 Å². The van der Waals surface area contributed by atoms with Gasteiger partial charge in [0.15, 0.2) is 6.29 Å². The Bertz CT molecular complexity index is 484. The maximum absolute atomic E-state index is 5.48. The zero-order valence-electron chi connectivity index (χ0n) is 12.1. The summed E-state index contributed by atoms with van der Waals surface area (Å²) in [7, 11) is 0. The number of rotatable bonds is 6. The molecule has 0 atom stereocenters. The fourth-order valence-corrected chi connectivity index (χ4v) is 2.64. The first kappa shape index (κ1) is 14.3. The van der Waals surface area contributed by atoms with E-state index in [0.29, 0.717) is 13.2 Å². The summed E-state index contributed by atoms with van der Waals surface area (Å²) in [6.07, 6.45) is 0.820. The van der Waals surface area contributed by atoms with Gasteiger partial charge in [0.05, 0.1) is 19.3 Å². The average Bonchev–Trinajstić information content (AvgIpc) is 3.07. The van der Waals surface area contributed by atoms with Crippen molar-refractivity contribution >= 4 is 0 Å². The van der Waals surface area contributed by atoms with E-state index in [-0.39, 0.29) is 12.3 Å². The Kier molecular flexibility index (Phi) is 5.00. The molecule has 0 spiro atoms. The summed E-state index contributed by atoms with van der Waals surface area (Å²) in [5, 5.41) is 3.62. The lowest BCUT2D eigenvalue weighted by atomic mass is 9.99. The Morgan fingerprint density at radius 1 is 0.857 bits per heavy atom. The van der Waals surface area contributed by atoms with Gasteiger partial charge >= 0.3 is 0 Å². The minimum Gasteiger partial charge on any atom is -0.350 e. The van der Waals surface area contributed by atoms with Crippen molar-refractivity contribution in [2.75, 3.05) is 19.8 Å². The SMILES string of the molecule is c1ccc(C(NCCC2OCCO2)c2ccccc2)cc1. The maximum Gasteiger partial charge on any atom is 0.159 e. The van der Waals surface area contributed by atoms with E-state index in [1.807, 2.05) is 12.1 Å². The standard InChI is InChI=1S/C18H21NO2/c1-3-7-15(8-4-1)18(16-9-5-2-6-10-16)19-12-11-17-20-13-14-21-17/h1-10,17-19H,11-14H2. The lowest BCUT2D eigenvalue weighted by Gasteiger charge is -2.20. The molecule has 1 heterocycles. The predicted octanol–water partition coefficient (Wildman–Crippen LogP) is 3.13. The second-order valence-corrected chi connectivity index (χ2v) is 5.17. The molecule has 110 valence electrons. The maximum atomic E-state index is 5.48. The Morgan fingerprint density at radius 2 is 1.38 bits per heavy atom. The molecule has 2 aromatic rings. The van der Waals surface area contributed by atoms with Gasteiger partial charge in [0.2, 0.25) is 0 Å². The monoisotopic (exact) mass is 283 g/mol. The number of nitrogens with one attached hydrogen (secondary N) is 1. The minimum atomic E-state index is -0.0512. The van der Waals surface area contributed by atoms with E-state index in [4.69, 9.17) is 9.47 Å². The second kappa shape index (κ2) is 7.36. The summed E-state index contributed by atoms with van der Waals surface area (Å²) in [6, 6.07) is 21.3. The molecule has 1 aliphatic rings. The third-order valence-corrected chi connectivity index (χ3v) is 3.69. The van der Waals surface area contributed by atoms with Gasteiger partial charge in [-0.15, -0.1) is 0 Å². The third kappa shape index (κ3) is 3.91. The summed E-state index contributed by atoms with van der Waals surface area (Å²) < 4.78 is 11.0. The van der Waals surface area contributed by atoms with E-state index in [0.717, 1.165) is 13.0 Å². The molecule has 1 saturated heterocycles. The van der Waals surface area contributed by atoms with E-state index in [1.54, 1.807) is 0 Å². The predicted molar refractivity (Wildman–Crippen MR) is 83.0 cm³/mol. The van der Waals surface area contributed by atoms with Gasteiger partial charge in [-0.3, -0.25) is 0 Å². The van der Waals surface area contributed by atoms with E-state index in [2.05, 4.69) is 53.8 Å². The molecule has 0 aromatic heterocycles. The Balaban J connectivity index is 1.67. The fraction of sp³-hybridized carbons (Fsp3) is 0.333. The highest BCUT2D eigenvalue weighted by atomic mass is 16.7. The van der Waals surface area contributed by atoms with Gasteiger partial charge in [-0.05, 0) is 11.1 Å². The van der Waals surface area contributed by atoms with Crippen LogP contribution in [0.5, 0.6) is 0 Å². The van der Waals surface area contributed by atoms with E-state index in [1.165, 1.54) is 11.1 Å². The van der Waals surface area contributed by atoms with Crippen molar-refractivity contribution in [3.05, 3.63) is 71.8 Å². The molecule has 0 aliphatic carbocycles. The van der Waals surface area contributed by atoms with Crippen LogP contribution in [-0.4, -0.2) is 26.0 Å². The van der Waals surface area contributed by atoms with Crippen molar-refractivity contribution in [3.63, 3.8) is 0 Å². The number of hydrogen-bond acceptors (Lipinski definition) is 3. The number of ether oxygens (including phenoxy) is 2. The molecule has 0 radical (unpaired) electrons. The molecule has 0 unspecified atom stereocenters. The smallest absolute Gasteiger partial charge is 0.159 e. The van der Waals surface area contributed by atoms with Crippen LogP contribution in [0.3, 0.4) is 0 Å². The highest BCUT2D eigenvalue weighted by Crippen LogP contribution is 2.21. The van der Waals surface area contributed by atoms with Crippen LogP contribution in [0.2, 0.25) is 0 Å². The molecule has 2 aromatic carbocycles. The lowest BCUT2D eigenvalue weighted by Crippen LogP contribution is -2.26. The highest BCUT2D eigenvalue weighted by molar-refractivity contribution is 5.31. The Hall–Kier alpha value is -1.68. The van der Waals surface area contributed by atoms with E-state index < -0.39 is 0 Å². The van der Waals surface area contributed by atoms with Crippen molar-refractivity contribution < 1.29 is 9.47 Å². The van der Waals surface area contributed by atoms with Gasteiger partial charge in [0.1, 0.15) is 0 Å². The van der Waals surface area contributed by atoms with Crippen LogP contribution in [0.15, 0.2) is 60.7 Å². The zero-order valence-corrected chi connectivity index (χ0v) is 12.1. The normalized spacial score (nSPS) is 15.7. The largest absolute Gasteiger partial charge is 0.350 e. The summed E-state index contributed by atoms with van der Waals surface area (Å²) in [4.78, 5) is 0. The lowest BCUT2D eigenvalue weighted by molar-refractivity contribution is -0.0461. The molecule has 0 amide bonds. The van der Waals surface area contributed by atoms with Crippen molar-refractivity contribution in [2.45, 2.75) is 18.8 Å². The molecule has 3 heteroatoms. The highest BCUT2D eigenvalue weighted by Gasteiger charge is 2.17. The third-order valence-electron chi connectivity index (χ3n) is 3.69. The Morgan fingerprint density at radius 3 is 1.90 bits per heavy atom.